The molecule has 2 aliphatic carbocycles. The lowest BCUT2D eigenvalue weighted by atomic mass is 9.56. The first-order valence-corrected chi connectivity index (χ1v) is 15.9. The van der Waals surface area contributed by atoms with Crippen LogP contribution >= 0.6 is 39.1 Å². The Balaban J connectivity index is 1.42. The van der Waals surface area contributed by atoms with Gasteiger partial charge in [0.1, 0.15) is 18.1 Å². The third-order valence-electron chi connectivity index (χ3n) is 9.22. The largest absolute Gasteiger partial charge is 0.508 e. The summed E-state index contributed by atoms with van der Waals surface area (Å²) >= 11 is 17.6. The number of aromatic hydroxyl groups is 1. The van der Waals surface area contributed by atoms with Crippen molar-refractivity contribution in [3.63, 3.8) is 0 Å². The van der Waals surface area contributed by atoms with Gasteiger partial charge in [0.2, 0.25) is 11.8 Å². The van der Waals surface area contributed by atoms with Crippen LogP contribution in [-0.4, -0.2) is 71.4 Å². The molecule has 0 radical (unpaired) electrons. The van der Waals surface area contributed by atoms with Crippen LogP contribution in [0.3, 0.4) is 0 Å². The number of phenolic OH excluding ortho intramolecular Hbond substituents is 1. The van der Waals surface area contributed by atoms with Crippen LogP contribution in [0.5, 0.6) is 11.5 Å². The molecule has 230 valence electrons. The number of alkyl halides is 3. The molecule has 0 bridgehead atoms. The van der Waals surface area contributed by atoms with E-state index in [9.17, 15) is 29.1 Å². The number of rotatable bonds is 8. The second-order valence-corrected chi connectivity index (χ2v) is 13.2. The van der Waals surface area contributed by atoms with Gasteiger partial charge < -0.3 is 14.9 Å². The van der Waals surface area contributed by atoms with Crippen LogP contribution in [0.4, 0.5) is 0 Å². The fourth-order valence-electron chi connectivity index (χ4n) is 7.19. The molecule has 4 aliphatic rings. The van der Waals surface area contributed by atoms with E-state index in [1.54, 1.807) is 18.2 Å². The summed E-state index contributed by atoms with van der Waals surface area (Å²) in [4.78, 5) is 63.6. The van der Waals surface area contributed by atoms with Crippen molar-refractivity contribution in [2.75, 3.05) is 12.0 Å². The molecule has 3 fully saturated rings. The number of carboxylic acids is 1. The van der Waals surface area contributed by atoms with Crippen LogP contribution in [0, 0.1) is 17.8 Å². The minimum atomic E-state index is -2.06. The maximum atomic E-state index is 13.9. The summed E-state index contributed by atoms with van der Waals surface area (Å²) in [6, 6.07) is 14.0. The number of benzene rings is 2. The van der Waals surface area contributed by atoms with E-state index in [0.717, 1.165) is 15.4 Å². The van der Waals surface area contributed by atoms with Crippen LogP contribution in [-0.2, 0) is 30.6 Å². The molecule has 0 aromatic heterocycles. The number of hydrogen-bond donors (Lipinski definition) is 2. The lowest BCUT2D eigenvalue weighted by Gasteiger charge is -2.50. The molecular weight excluding hydrogens is 679 g/mol. The zero-order valence-electron chi connectivity index (χ0n) is 23.1. The second-order valence-electron chi connectivity index (χ2n) is 11.5. The molecule has 6 rings (SSSR count). The molecule has 4 amide bonds. The Morgan fingerprint density at radius 2 is 1.73 bits per heavy atom. The first kappa shape index (κ1) is 30.6. The average Bonchev–Trinajstić information content (AvgIpc) is 3.33. The minimum Gasteiger partial charge on any atom is -0.508 e. The lowest BCUT2D eigenvalue weighted by molar-refractivity contribution is -0.143. The highest BCUT2D eigenvalue weighted by Gasteiger charge is 2.76. The molecule has 13 heteroatoms. The van der Waals surface area contributed by atoms with Crippen LogP contribution in [0.15, 0.2) is 60.2 Å². The van der Waals surface area contributed by atoms with Crippen LogP contribution in [0.1, 0.15) is 36.3 Å². The van der Waals surface area contributed by atoms with E-state index < -0.39 is 69.4 Å². The number of halogens is 3. The molecule has 2 aromatic rings. The Hall–Kier alpha value is -3.41. The summed E-state index contributed by atoms with van der Waals surface area (Å²) in [5, 5.41) is 20.5. The molecular formula is C31H27BrCl2N2O8. The fourth-order valence-corrected chi connectivity index (χ4v) is 8.61. The summed E-state index contributed by atoms with van der Waals surface area (Å²) in [5.41, 5.74) is 1.47. The van der Waals surface area contributed by atoms with Crippen molar-refractivity contribution in [2.24, 2.45) is 17.8 Å². The number of carboxylic acid groups (broad SMARTS) is 1. The third kappa shape index (κ3) is 4.46. The number of phenols is 1. The van der Waals surface area contributed by atoms with Crippen molar-refractivity contribution in [3.05, 3.63) is 71.3 Å². The van der Waals surface area contributed by atoms with Gasteiger partial charge in [0.15, 0.2) is 9.75 Å². The Morgan fingerprint density at radius 1 is 1.00 bits per heavy atom. The lowest BCUT2D eigenvalue weighted by Crippen LogP contribution is -2.60. The number of fused-ring (bicyclic) bond motifs is 4. The van der Waals surface area contributed by atoms with E-state index in [1.807, 2.05) is 30.3 Å². The van der Waals surface area contributed by atoms with Gasteiger partial charge >= 0.3 is 5.97 Å². The molecule has 0 spiro atoms. The van der Waals surface area contributed by atoms with Crippen LogP contribution in [0.25, 0.3) is 0 Å². The first-order valence-electron chi connectivity index (χ1n) is 14.0. The molecule has 10 nitrogen and oxygen atoms in total. The highest BCUT2D eigenvalue weighted by Crippen LogP contribution is 2.66. The van der Waals surface area contributed by atoms with E-state index >= 15 is 0 Å². The summed E-state index contributed by atoms with van der Waals surface area (Å²) in [6.07, 6.45) is 1.26. The van der Waals surface area contributed by atoms with Gasteiger partial charge in [-0.15, -0.1) is 23.2 Å². The van der Waals surface area contributed by atoms with Crippen molar-refractivity contribution in [3.8, 4) is 11.5 Å². The van der Waals surface area contributed by atoms with E-state index in [-0.39, 0.29) is 42.8 Å². The van der Waals surface area contributed by atoms with Crippen molar-refractivity contribution >= 4 is 68.7 Å². The van der Waals surface area contributed by atoms with Gasteiger partial charge in [0, 0.05) is 24.1 Å². The van der Waals surface area contributed by atoms with Gasteiger partial charge in [-0.25, -0.2) is 0 Å². The SMILES string of the molecule is O=C(O)CCN1C(=O)C2CC=C3C(CC4(Cl)C(=O)N(CBr)C(=O)C4(Cl)C3c3ccc(OCc4ccccc4)cc3O)C2C1=O. The second kappa shape index (κ2) is 11.2. The van der Waals surface area contributed by atoms with Gasteiger partial charge in [-0.2, -0.15) is 0 Å². The smallest absolute Gasteiger partial charge is 0.305 e. The minimum absolute atomic E-state index is 0.132. The first-order chi connectivity index (χ1) is 20.9. The Bertz CT molecular complexity index is 1620. The molecule has 6 unspecified atom stereocenters. The quantitative estimate of drug-likeness (QED) is 0.181. The molecule has 2 aromatic carbocycles. The van der Waals surface area contributed by atoms with Crippen LogP contribution in [0.2, 0.25) is 0 Å². The van der Waals surface area contributed by atoms with Crippen molar-refractivity contribution < 1.29 is 38.9 Å². The molecule has 44 heavy (non-hydrogen) atoms. The number of carbonyl (C=O) groups is 5. The zero-order valence-corrected chi connectivity index (χ0v) is 26.2. The molecule has 2 saturated heterocycles. The van der Waals surface area contributed by atoms with Crippen molar-refractivity contribution in [2.45, 2.75) is 41.5 Å². The predicted molar refractivity (Wildman–Crippen MR) is 161 cm³/mol. The zero-order chi connectivity index (χ0) is 31.6. The van der Waals surface area contributed by atoms with E-state index in [1.165, 1.54) is 6.07 Å². The Morgan fingerprint density at radius 3 is 2.39 bits per heavy atom. The van der Waals surface area contributed by atoms with Gasteiger partial charge in [-0.1, -0.05) is 64.0 Å². The number of hydrogen-bond acceptors (Lipinski definition) is 7. The molecule has 2 heterocycles. The molecule has 6 atom stereocenters. The number of likely N-dealkylation sites (tertiary alicyclic amines) is 2. The number of imide groups is 2. The molecule has 2 aliphatic heterocycles. The van der Waals surface area contributed by atoms with E-state index in [2.05, 4.69) is 15.9 Å². The highest BCUT2D eigenvalue weighted by molar-refractivity contribution is 9.09. The van der Waals surface area contributed by atoms with Gasteiger partial charge in [0.25, 0.3) is 11.8 Å². The number of ether oxygens (including phenoxy) is 1. The summed E-state index contributed by atoms with van der Waals surface area (Å²) < 4.78 is 5.86. The van der Waals surface area contributed by atoms with E-state index in [4.69, 9.17) is 33.0 Å². The maximum Gasteiger partial charge on any atom is 0.305 e. The number of aliphatic carboxylic acids is 1. The summed E-state index contributed by atoms with van der Waals surface area (Å²) in [7, 11) is 0. The van der Waals surface area contributed by atoms with Gasteiger partial charge in [-0.3, -0.25) is 33.8 Å². The number of carbonyl (C=O) groups excluding carboxylic acids is 4. The molecule has 1 saturated carbocycles. The van der Waals surface area contributed by atoms with Crippen LogP contribution < -0.4 is 4.74 Å². The van der Waals surface area contributed by atoms with Gasteiger partial charge in [0.05, 0.1) is 23.7 Å². The van der Waals surface area contributed by atoms with Crippen molar-refractivity contribution in [1.82, 2.24) is 9.80 Å². The normalized spacial score (nSPS) is 31.0. The number of nitrogens with zero attached hydrogens (tertiary/aromatic N) is 2. The van der Waals surface area contributed by atoms with E-state index in [0.29, 0.717) is 11.3 Å². The standard InChI is InChI=1S/C31H27BrCl2N2O8/c32-15-36-28(42)30(33)13-21-18(8-9-20-24(21)27(41)35(26(20)40)11-10-23(38)39)25(31(30,34)29(36)43)19-7-6-17(12-22(19)37)44-14-16-4-2-1-3-5-16/h1-8,12,20-21,24-25,37H,9-11,13-15H2,(H,38,39). The Labute approximate surface area is 270 Å². The topological polar surface area (TPSA) is 142 Å². The fraction of sp³-hybridized carbons (Fsp3) is 0.387. The average molecular weight is 706 g/mol. The monoisotopic (exact) mass is 704 g/mol. The van der Waals surface area contributed by atoms with Crippen molar-refractivity contribution in [1.29, 1.82) is 0 Å². The molecule has 2 N–H and O–H groups in total. The summed E-state index contributed by atoms with van der Waals surface area (Å²) in [6.45, 7) is -0.0394. The summed E-state index contributed by atoms with van der Waals surface area (Å²) in [5.74, 6) is -7.23. The predicted octanol–water partition coefficient (Wildman–Crippen LogP) is 4.16. The maximum absolute atomic E-state index is 13.9. The third-order valence-corrected chi connectivity index (χ3v) is 11.1. The highest BCUT2D eigenvalue weighted by atomic mass is 79.9. The number of amides is 4. The van der Waals surface area contributed by atoms with Gasteiger partial charge in [-0.05, 0) is 30.4 Å². The Kier molecular flexibility index (Phi) is 7.78. The number of allylic oxidation sites excluding steroid dienone is 2.